The van der Waals surface area contributed by atoms with Crippen LogP contribution < -0.4 is 9.47 Å². The van der Waals surface area contributed by atoms with Crippen LogP contribution in [0, 0.1) is 9.39 Å². The van der Waals surface area contributed by atoms with E-state index in [0.717, 1.165) is 16.4 Å². The van der Waals surface area contributed by atoms with Crippen LogP contribution in [0.1, 0.15) is 33.6 Å². The minimum Gasteiger partial charge on any atom is -0.471 e. The van der Waals surface area contributed by atoms with Crippen molar-refractivity contribution < 1.29 is 18.6 Å². The number of hydrogen-bond donors (Lipinski definition) is 0. The maximum Gasteiger partial charge on any atom is 0.320 e. The molecule has 0 unspecified atom stereocenters. The molecule has 0 radical (unpaired) electrons. The minimum atomic E-state index is -0.480. The summed E-state index contributed by atoms with van der Waals surface area (Å²) in [5.74, 6) is -0.122. The van der Waals surface area contributed by atoms with Crippen molar-refractivity contribution in [3.63, 3.8) is 0 Å². The molecule has 0 amide bonds. The quantitative estimate of drug-likeness (QED) is 0.423. The van der Waals surface area contributed by atoms with Crippen molar-refractivity contribution in [1.82, 2.24) is 9.97 Å². The van der Waals surface area contributed by atoms with Crippen LogP contribution in [0.2, 0.25) is 0 Å². The normalized spacial score (nSPS) is 16.2. The number of nitrogens with zero attached hydrogens (tertiary/aromatic N) is 2. The van der Waals surface area contributed by atoms with E-state index in [4.69, 9.17) is 14.2 Å². The molecule has 0 spiro atoms. The Morgan fingerprint density at radius 2 is 1.96 bits per heavy atom. The highest BCUT2D eigenvalue weighted by atomic mass is 127. The second kappa shape index (κ2) is 7.48. The molecule has 5 nitrogen and oxygen atoms in total. The number of hydrogen-bond acceptors (Lipinski definition) is 5. The van der Waals surface area contributed by atoms with Gasteiger partial charge in [0.1, 0.15) is 17.2 Å². The fourth-order valence-electron chi connectivity index (χ4n) is 2.49. The van der Waals surface area contributed by atoms with Gasteiger partial charge in [0.05, 0.1) is 23.1 Å². The van der Waals surface area contributed by atoms with Crippen molar-refractivity contribution in [3.05, 3.63) is 19.9 Å². The monoisotopic (exact) mass is 524 g/mol. The third-order valence-corrected chi connectivity index (χ3v) is 5.98. The summed E-state index contributed by atoms with van der Waals surface area (Å²) in [6.45, 7) is 7.03. The molecule has 0 saturated carbocycles. The van der Waals surface area contributed by atoms with Gasteiger partial charge < -0.3 is 14.2 Å². The summed E-state index contributed by atoms with van der Waals surface area (Å²) in [5, 5.41) is 0.527. The smallest absolute Gasteiger partial charge is 0.320 e. The number of halogens is 3. The molecule has 1 saturated heterocycles. The molecular weight excluding hydrogens is 506 g/mol. The van der Waals surface area contributed by atoms with Crippen molar-refractivity contribution in [3.8, 4) is 11.9 Å². The molecule has 0 aliphatic carbocycles. The van der Waals surface area contributed by atoms with Gasteiger partial charge in [0.15, 0.2) is 5.82 Å². The molecule has 1 aliphatic heterocycles. The van der Waals surface area contributed by atoms with Gasteiger partial charge in [-0.2, -0.15) is 9.97 Å². The van der Waals surface area contributed by atoms with Gasteiger partial charge in [-0.25, -0.2) is 4.39 Å². The minimum absolute atomic E-state index is 0.0379. The lowest BCUT2D eigenvalue weighted by Crippen LogP contribution is -2.27. The Bertz CT molecular complexity index is 792. The van der Waals surface area contributed by atoms with Gasteiger partial charge in [-0.1, -0.05) is 0 Å². The average Bonchev–Trinajstić information content (AvgIpc) is 2.53. The third kappa shape index (κ3) is 4.51. The van der Waals surface area contributed by atoms with Crippen LogP contribution in [0.4, 0.5) is 4.39 Å². The molecule has 25 heavy (non-hydrogen) atoms. The van der Waals surface area contributed by atoms with Crippen molar-refractivity contribution >= 4 is 49.4 Å². The first-order valence-electron chi connectivity index (χ1n) is 8.03. The summed E-state index contributed by atoms with van der Waals surface area (Å²) in [7, 11) is 0. The van der Waals surface area contributed by atoms with E-state index in [-0.39, 0.29) is 17.6 Å². The molecule has 1 fully saturated rings. The van der Waals surface area contributed by atoms with Gasteiger partial charge in [-0.05, 0) is 65.4 Å². The topological polar surface area (TPSA) is 53.5 Å². The summed E-state index contributed by atoms with van der Waals surface area (Å²) in [6, 6.07) is 1.94. The molecule has 2 aromatic rings. The van der Waals surface area contributed by atoms with E-state index in [1.807, 2.05) is 26.8 Å². The van der Waals surface area contributed by atoms with Crippen LogP contribution >= 0.6 is 38.5 Å². The Hall–Kier alpha value is -0.740. The van der Waals surface area contributed by atoms with Gasteiger partial charge in [-0.15, -0.1) is 0 Å². The lowest BCUT2D eigenvalue weighted by atomic mass is 10.1. The van der Waals surface area contributed by atoms with Gasteiger partial charge in [0.2, 0.25) is 5.88 Å². The van der Waals surface area contributed by atoms with Crippen LogP contribution in [-0.2, 0) is 4.74 Å². The predicted molar refractivity (Wildman–Crippen MR) is 105 cm³/mol. The number of ether oxygens (including phenoxy) is 3. The van der Waals surface area contributed by atoms with Crippen molar-refractivity contribution in [2.45, 2.75) is 45.3 Å². The summed E-state index contributed by atoms with van der Waals surface area (Å²) < 4.78 is 33.0. The molecule has 0 atom stereocenters. The molecule has 1 aromatic carbocycles. The van der Waals surface area contributed by atoms with Gasteiger partial charge >= 0.3 is 6.01 Å². The standard InChI is InChI=1S/C17H19BrFIN2O3/c1-17(2,3)25-15-10-8-11(20)12(18)13(19)14(10)21-16(22-15)24-9-4-6-23-7-5-9/h8-9H,4-7H2,1-3H3. The van der Waals surface area contributed by atoms with E-state index in [1.165, 1.54) is 0 Å². The Morgan fingerprint density at radius 3 is 2.60 bits per heavy atom. The molecule has 1 aromatic heterocycles. The predicted octanol–water partition coefficient (Wildman–Crippen LogP) is 4.87. The third-order valence-electron chi connectivity index (χ3n) is 3.61. The zero-order valence-electron chi connectivity index (χ0n) is 14.2. The zero-order chi connectivity index (χ0) is 18.2. The molecule has 0 N–H and O–H groups in total. The lowest BCUT2D eigenvalue weighted by molar-refractivity contribution is 0.0212. The summed E-state index contributed by atoms with van der Waals surface area (Å²) in [5.41, 5.74) is -0.296. The molecule has 136 valence electrons. The average molecular weight is 525 g/mol. The van der Waals surface area contributed by atoms with Crippen molar-refractivity contribution in [2.24, 2.45) is 0 Å². The van der Waals surface area contributed by atoms with Gasteiger partial charge in [0.25, 0.3) is 0 Å². The van der Waals surface area contributed by atoms with Gasteiger partial charge in [0, 0.05) is 16.4 Å². The van der Waals surface area contributed by atoms with E-state index in [1.54, 1.807) is 0 Å². The van der Waals surface area contributed by atoms with E-state index >= 15 is 0 Å². The molecule has 1 aliphatic rings. The number of rotatable bonds is 3. The first kappa shape index (κ1) is 19.0. The summed E-state index contributed by atoms with van der Waals surface area (Å²) in [4.78, 5) is 8.71. The van der Waals surface area contributed by atoms with Crippen LogP contribution in [0.15, 0.2) is 10.5 Å². The van der Waals surface area contributed by atoms with E-state index in [2.05, 4.69) is 48.5 Å². The molecule has 8 heteroatoms. The van der Waals surface area contributed by atoms with Crippen LogP contribution in [-0.4, -0.2) is 34.9 Å². The molecule has 3 rings (SSSR count). The van der Waals surface area contributed by atoms with Crippen LogP contribution in [0.5, 0.6) is 11.9 Å². The highest BCUT2D eigenvalue weighted by Crippen LogP contribution is 2.35. The zero-order valence-corrected chi connectivity index (χ0v) is 18.0. The summed E-state index contributed by atoms with van der Waals surface area (Å²) in [6.07, 6.45) is 1.48. The van der Waals surface area contributed by atoms with Gasteiger partial charge in [-0.3, -0.25) is 0 Å². The maximum atomic E-state index is 14.8. The maximum absolute atomic E-state index is 14.8. The Morgan fingerprint density at radius 1 is 1.28 bits per heavy atom. The van der Waals surface area contributed by atoms with Crippen molar-refractivity contribution in [2.75, 3.05) is 13.2 Å². The first-order valence-corrected chi connectivity index (χ1v) is 9.90. The van der Waals surface area contributed by atoms with E-state index < -0.39 is 11.4 Å². The number of benzene rings is 1. The first-order chi connectivity index (χ1) is 11.7. The molecule has 0 bridgehead atoms. The highest BCUT2D eigenvalue weighted by molar-refractivity contribution is 14.1. The Kier molecular flexibility index (Phi) is 5.69. The highest BCUT2D eigenvalue weighted by Gasteiger charge is 2.23. The molecular formula is C17H19BrFIN2O3. The largest absolute Gasteiger partial charge is 0.471 e. The lowest BCUT2D eigenvalue weighted by Gasteiger charge is -2.24. The van der Waals surface area contributed by atoms with Crippen LogP contribution in [0.3, 0.4) is 0 Å². The summed E-state index contributed by atoms with van der Waals surface area (Å²) >= 11 is 5.33. The fraction of sp³-hybridized carbons (Fsp3) is 0.529. The number of fused-ring (bicyclic) bond motifs is 1. The van der Waals surface area contributed by atoms with E-state index in [9.17, 15) is 4.39 Å². The van der Waals surface area contributed by atoms with Crippen LogP contribution in [0.25, 0.3) is 10.9 Å². The van der Waals surface area contributed by atoms with Crippen molar-refractivity contribution in [1.29, 1.82) is 0 Å². The Balaban J connectivity index is 2.08. The number of aromatic nitrogens is 2. The Labute approximate surface area is 167 Å². The second-order valence-corrected chi connectivity index (χ2v) is 8.79. The fourth-order valence-corrected chi connectivity index (χ4v) is 3.34. The SMILES string of the molecule is CC(C)(C)Oc1nc(OC2CCOCC2)nc2c(F)c(Br)c(I)cc12. The molecule has 2 heterocycles. The van der Waals surface area contributed by atoms with E-state index in [0.29, 0.717) is 29.0 Å². The second-order valence-electron chi connectivity index (χ2n) is 6.84.